The second kappa shape index (κ2) is 7.63. The van der Waals surface area contributed by atoms with Crippen molar-refractivity contribution in [2.75, 3.05) is 11.9 Å². The molecule has 2 N–H and O–H groups in total. The van der Waals surface area contributed by atoms with E-state index in [1.807, 2.05) is 50.2 Å². The van der Waals surface area contributed by atoms with Gasteiger partial charge in [-0.2, -0.15) is 0 Å². The van der Waals surface area contributed by atoms with Crippen molar-refractivity contribution in [3.63, 3.8) is 0 Å². The lowest BCUT2D eigenvalue weighted by atomic mass is 10.1. The standard InChI is InChI=1S/C17H18Cl2N2O/c1-11-7-8-16(15(19)9-11)21-17(22)10-20-12(2)13-5-3-4-6-14(13)18/h3-9,12,20H,10H2,1-2H3,(H,21,22)/t12-/m1/s1. The number of hydrogen-bond donors (Lipinski definition) is 2. The zero-order valence-electron chi connectivity index (χ0n) is 12.5. The monoisotopic (exact) mass is 336 g/mol. The van der Waals surface area contributed by atoms with E-state index in [9.17, 15) is 4.79 Å². The van der Waals surface area contributed by atoms with E-state index in [0.29, 0.717) is 15.7 Å². The van der Waals surface area contributed by atoms with Gasteiger partial charge in [0.25, 0.3) is 0 Å². The molecular weight excluding hydrogens is 319 g/mol. The lowest BCUT2D eigenvalue weighted by Crippen LogP contribution is -2.30. The molecular formula is C17H18Cl2N2O. The Morgan fingerprint density at radius 3 is 2.55 bits per heavy atom. The van der Waals surface area contributed by atoms with Crippen molar-refractivity contribution in [1.29, 1.82) is 0 Å². The van der Waals surface area contributed by atoms with Gasteiger partial charge in [0.1, 0.15) is 0 Å². The zero-order chi connectivity index (χ0) is 16.1. The molecule has 1 amide bonds. The largest absolute Gasteiger partial charge is 0.324 e. The van der Waals surface area contributed by atoms with Gasteiger partial charge in [-0.15, -0.1) is 0 Å². The number of aryl methyl sites for hydroxylation is 1. The van der Waals surface area contributed by atoms with Crippen LogP contribution in [0, 0.1) is 6.92 Å². The summed E-state index contributed by atoms with van der Waals surface area (Å²) < 4.78 is 0. The number of rotatable bonds is 5. The molecule has 2 rings (SSSR count). The van der Waals surface area contributed by atoms with E-state index in [1.54, 1.807) is 6.07 Å². The highest BCUT2D eigenvalue weighted by Crippen LogP contribution is 2.23. The van der Waals surface area contributed by atoms with Crippen LogP contribution in [0.2, 0.25) is 10.0 Å². The van der Waals surface area contributed by atoms with Crippen LogP contribution < -0.4 is 10.6 Å². The van der Waals surface area contributed by atoms with E-state index in [0.717, 1.165) is 11.1 Å². The third kappa shape index (κ3) is 4.47. The van der Waals surface area contributed by atoms with Crippen molar-refractivity contribution in [3.05, 3.63) is 63.6 Å². The van der Waals surface area contributed by atoms with E-state index >= 15 is 0 Å². The highest BCUT2D eigenvalue weighted by atomic mass is 35.5. The number of benzene rings is 2. The van der Waals surface area contributed by atoms with E-state index < -0.39 is 0 Å². The number of halogens is 2. The molecule has 22 heavy (non-hydrogen) atoms. The zero-order valence-corrected chi connectivity index (χ0v) is 14.0. The molecule has 0 spiro atoms. The summed E-state index contributed by atoms with van der Waals surface area (Å²) in [5.41, 5.74) is 2.63. The minimum absolute atomic E-state index is 0.0204. The van der Waals surface area contributed by atoms with Crippen molar-refractivity contribution >= 4 is 34.8 Å². The first-order valence-electron chi connectivity index (χ1n) is 7.01. The summed E-state index contributed by atoms with van der Waals surface area (Å²) in [5.74, 6) is -0.148. The van der Waals surface area contributed by atoms with Gasteiger partial charge in [-0.3, -0.25) is 4.79 Å². The lowest BCUT2D eigenvalue weighted by molar-refractivity contribution is -0.115. The number of hydrogen-bond acceptors (Lipinski definition) is 2. The molecule has 0 saturated carbocycles. The SMILES string of the molecule is Cc1ccc(NC(=O)CN[C@H](C)c2ccccc2Cl)c(Cl)c1. The summed E-state index contributed by atoms with van der Waals surface area (Å²) in [4.78, 5) is 12.0. The average molecular weight is 337 g/mol. The van der Waals surface area contributed by atoms with Gasteiger partial charge in [-0.25, -0.2) is 0 Å². The van der Waals surface area contributed by atoms with E-state index in [-0.39, 0.29) is 18.5 Å². The van der Waals surface area contributed by atoms with Crippen LogP contribution >= 0.6 is 23.2 Å². The third-order valence-electron chi connectivity index (χ3n) is 3.34. The molecule has 5 heteroatoms. The maximum atomic E-state index is 12.0. The van der Waals surface area contributed by atoms with Crippen molar-refractivity contribution < 1.29 is 4.79 Å². The normalized spacial score (nSPS) is 12.0. The average Bonchev–Trinajstić information content (AvgIpc) is 2.48. The molecule has 0 aromatic heterocycles. The second-order valence-corrected chi connectivity index (χ2v) is 5.97. The molecule has 2 aromatic carbocycles. The Morgan fingerprint density at radius 2 is 1.86 bits per heavy atom. The Labute approximate surface area is 140 Å². The quantitative estimate of drug-likeness (QED) is 0.838. The van der Waals surface area contributed by atoms with Crippen LogP contribution in [0.1, 0.15) is 24.1 Å². The van der Waals surface area contributed by atoms with E-state index in [4.69, 9.17) is 23.2 Å². The Morgan fingerprint density at radius 1 is 1.14 bits per heavy atom. The first kappa shape index (κ1) is 16.8. The molecule has 3 nitrogen and oxygen atoms in total. The van der Waals surface area contributed by atoms with Crippen LogP contribution in [-0.4, -0.2) is 12.5 Å². The number of nitrogens with one attached hydrogen (secondary N) is 2. The summed E-state index contributed by atoms with van der Waals surface area (Å²) >= 11 is 12.2. The first-order valence-corrected chi connectivity index (χ1v) is 7.77. The number of amides is 1. The van der Waals surface area contributed by atoms with Crippen molar-refractivity contribution in [2.24, 2.45) is 0 Å². The Hall–Kier alpha value is -1.55. The van der Waals surface area contributed by atoms with Gasteiger partial charge >= 0.3 is 0 Å². The highest BCUT2D eigenvalue weighted by molar-refractivity contribution is 6.33. The summed E-state index contributed by atoms with van der Waals surface area (Å²) in [6.45, 7) is 4.09. The summed E-state index contributed by atoms with van der Waals surface area (Å²) in [5, 5.41) is 7.16. The van der Waals surface area contributed by atoms with Crippen molar-refractivity contribution in [3.8, 4) is 0 Å². The first-order chi connectivity index (χ1) is 10.5. The fourth-order valence-corrected chi connectivity index (χ4v) is 2.68. The molecule has 0 radical (unpaired) electrons. The fourth-order valence-electron chi connectivity index (χ4n) is 2.10. The molecule has 0 bridgehead atoms. The molecule has 1 atom stereocenters. The highest BCUT2D eigenvalue weighted by Gasteiger charge is 2.11. The van der Waals surface area contributed by atoms with Gasteiger partial charge in [-0.1, -0.05) is 47.5 Å². The Kier molecular flexibility index (Phi) is 5.83. The molecule has 0 unspecified atom stereocenters. The molecule has 0 aliphatic carbocycles. The molecule has 0 aliphatic rings. The third-order valence-corrected chi connectivity index (χ3v) is 4.00. The van der Waals surface area contributed by atoms with Crippen molar-refractivity contribution in [2.45, 2.75) is 19.9 Å². The van der Waals surface area contributed by atoms with E-state index in [2.05, 4.69) is 10.6 Å². The van der Waals surface area contributed by atoms with Crippen molar-refractivity contribution in [1.82, 2.24) is 5.32 Å². The second-order valence-electron chi connectivity index (χ2n) is 5.16. The van der Waals surface area contributed by atoms with Gasteiger partial charge in [0.2, 0.25) is 5.91 Å². The molecule has 0 aliphatic heterocycles. The number of carbonyl (C=O) groups is 1. The van der Waals surface area contributed by atoms with Crippen LogP contribution in [0.15, 0.2) is 42.5 Å². The molecule has 2 aromatic rings. The fraction of sp³-hybridized carbons (Fsp3) is 0.235. The number of carbonyl (C=O) groups excluding carboxylic acids is 1. The molecule has 116 valence electrons. The van der Waals surface area contributed by atoms with Crippen LogP contribution in [0.25, 0.3) is 0 Å². The topological polar surface area (TPSA) is 41.1 Å². The van der Waals surface area contributed by atoms with Crippen LogP contribution in [0.5, 0.6) is 0 Å². The summed E-state index contributed by atoms with van der Waals surface area (Å²) in [6.07, 6.45) is 0. The number of anilines is 1. The Balaban J connectivity index is 1.91. The molecule has 0 saturated heterocycles. The lowest BCUT2D eigenvalue weighted by Gasteiger charge is -2.15. The maximum Gasteiger partial charge on any atom is 0.238 e. The van der Waals surface area contributed by atoms with Crippen LogP contribution in [0.3, 0.4) is 0 Å². The van der Waals surface area contributed by atoms with Crippen LogP contribution in [-0.2, 0) is 4.79 Å². The minimum atomic E-state index is -0.148. The van der Waals surface area contributed by atoms with Gasteiger partial charge in [0.15, 0.2) is 0 Å². The predicted molar refractivity (Wildman–Crippen MR) is 92.7 cm³/mol. The Bertz CT molecular complexity index is 673. The summed E-state index contributed by atoms with van der Waals surface area (Å²) in [7, 11) is 0. The van der Waals surface area contributed by atoms with E-state index in [1.165, 1.54) is 0 Å². The van der Waals surface area contributed by atoms with Gasteiger partial charge in [0, 0.05) is 11.1 Å². The van der Waals surface area contributed by atoms with Gasteiger partial charge < -0.3 is 10.6 Å². The molecule has 0 fully saturated rings. The molecule has 0 heterocycles. The van der Waals surface area contributed by atoms with Crippen LogP contribution in [0.4, 0.5) is 5.69 Å². The van der Waals surface area contributed by atoms with Gasteiger partial charge in [0.05, 0.1) is 17.3 Å². The predicted octanol–water partition coefficient (Wildman–Crippen LogP) is 4.59. The summed E-state index contributed by atoms with van der Waals surface area (Å²) in [6, 6.07) is 13.1. The smallest absolute Gasteiger partial charge is 0.238 e. The van der Waals surface area contributed by atoms with Gasteiger partial charge in [-0.05, 0) is 43.2 Å². The minimum Gasteiger partial charge on any atom is -0.324 e. The maximum absolute atomic E-state index is 12.0.